The maximum absolute atomic E-state index is 11.2. The molecule has 0 aromatic rings. The predicted molar refractivity (Wildman–Crippen MR) is 69.5 cm³/mol. The van der Waals surface area contributed by atoms with Gasteiger partial charge in [-0.15, -0.1) is 0 Å². The first-order valence-electron chi connectivity index (χ1n) is 5.99. The predicted octanol–water partition coefficient (Wildman–Crippen LogP) is -0.886. The molecule has 0 bridgehead atoms. The molecule has 22 heavy (non-hydrogen) atoms. The maximum Gasteiger partial charge on any atom is 0.811 e. The van der Waals surface area contributed by atoms with Gasteiger partial charge in [0.05, 0.1) is 12.8 Å². The minimum Gasteiger partial charge on any atom is -0.480 e. The van der Waals surface area contributed by atoms with E-state index in [0.29, 0.717) is 0 Å². The third kappa shape index (κ3) is 8.95. The first kappa shape index (κ1) is 19.9. The van der Waals surface area contributed by atoms with Gasteiger partial charge in [0.25, 0.3) is 0 Å². The van der Waals surface area contributed by atoms with E-state index < -0.39 is 57.1 Å². The number of hydrogen-bond acceptors (Lipinski definition) is 9. The summed E-state index contributed by atoms with van der Waals surface area (Å²) >= 11 is 0. The van der Waals surface area contributed by atoms with Crippen LogP contribution in [0.2, 0.25) is 0 Å². The largest absolute Gasteiger partial charge is 0.811 e. The molecule has 0 heterocycles. The number of carbonyl (C=O) groups excluding carboxylic acids is 2. The van der Waals surface area contributed by atoms with Crippen molar-refractivity contribution in [1.29, 1.82) is 0 Å². The minimum atomic E-state index is -3.08. The Morgan fingerprint density at radius 3 is 1.45 bits per heavy atom. The molecular weight excluding hydrogens is 323 g/mol. The van der Waals surface area contributed by atoms with Crippen LogP contribution < -0.4 is 11.5 Å². The number of nitrogens with two attached hydrogens (primary N) is 2. The summed E-state index contributed by atoms with van der Waals surface area (Å²) in [5, 5.41) is 17.0. The molecule has 0 amide bonds. The van der Waals surface area contributed by atoms with Crippen LogP contribution in [0.25, 0.3) is 0 Å². The lowest BCUT2D eigenvalue weighted by Gasteiger charge is -2.02. The molecule has 0 aliphatic rings. The molecule has 0 aromatic carbocycles. The molecule has 0 saturated heterocycles. The van der Waals surface area contributed by atoms with Crippen LogP contribution in [-0.2, 0) is 32.8 Å². The highest BCUT2D eigenvalue weighted by Crippen LogP contribution is 2.26. The fourth-order valence-electron chi connectivity index (χ4n) is 1.07. The first-order chi connectivity index (χ1) is 10.1. The van der Waals surface area contributed by atoms with Gasteiger partial charge in [0.1, 0.15) is 12.1 Å². The summed E-state index contributed by atoms with van der Waals surface area (Å²) in [7, 11) is -3.08. The summed E-state index contributed by atoms with van der Waals surface area (Å²) in [5.41, 5.74) is 10.3. The topological polar surface area (TPSA) is 196 Å². The zero-order chi connectivity index (χ0) is 17.3. The standard InChI is InChI=1S/C10H15N2O9P/c11-5(9(15)16)1-3-7(13)20-22(19)21-8(14)4-2-6(12)10(17)18/h5-6H,1-4,11-12H2,(H-,15,16,17,18)/p+1/t5-,6-/m0/s1. The van der Waals surface area contributed by atoms with Crippen molar-refractivity contribution in [3.63, 3.8) is 0 Å². The fourth-order valence-corrected chi connectivity index (χ4v) is 1.62. The normalized spacial score (nSPS) is 12.8. The van der Waals surface area contributed by atoms with Gasteiger partial charge in [-0.05, 0) is 12.8 Å². The Morgan fingerprint density at radius 2 is 1.18 bits per heavy atom. The Balaban J connectivity index is 4.02. The molecule has 0 unspecified atom stereocenters. The minimum absolute atomic E-state index is 0.237. The van der Waals surface area contributed by atoms with Crippen molar-refractivity contribution < 1.29 is 43.0 Å². The van der Waals surface area contributed by atoms with Crippen molar-refractivity contribution in [2.45, 2.75) is 37.8 Å². The lowest BCUT2D eigenvalue weighted by Crippen LogP contribution is -2.30. The van der Waals surface area contributed by atoms with E-state index in [1.54, 1.807) is 0 Å². The van der Waals surface area contributed by atoms with Crippen LogP contribution in [0.1, 0.15) is 25.7 Å². The van der Waals surface area contributed by atoms with Crippen LogP contribution >= 0.6 is 8.25 Å². The Morgan fingerprint density at radius 1 is 0.864 bits per heavy atom. The van der Waals surface area contributed by atoms with E-state index in [-0.39, 0.29) is 12.8 Å². The highest BCUT2D eigenvalue weighted by atomic mass is 31.1. The van der Waals surface area contributed by atoms with E-state index in [4.69, 9.17) is 21.7 Å². The first-order valence-corrected chi connectivity index (χ1v) is 7.08. The molecule has 6 N–H and O–H groups in total. The van der Waals surface area contributed by atoms with E-state index >= 15 is 0 Å². The van der Waals surface area contributed by atoms with E-state index in [2.05, 4.69) is 9.05 Å². The number of aliphatic carboxylic acids is 2. The molecule has 0 aliphatic heterocycles. The molecule has 11 nitrogen and oxygen atoms in total. The van der Waals surface area contributed by atoms with Gasteiger partial charge < -0.3 is 21.7 Å². The summed E-state index contributed by atoms with van der Waals surface area (Å²) in [5.74, 6) is -4.71. The van der Waals surface area contributed by atoms with Crippen LogP contribution in [0.4, 0.5) is 0 Å². The molecule has 0 saturated carbocycles. The quantitative estimate of drug-likeness (QED) is 0.360. The van der Waals surface area contributed by atoms with Crippen molar-refractivity contribution in [3.05, 3.63) is 0 Å². The molecule has 0 fully saturated rings. The number of carbonyl (C=O) groups is 4. The van der Waals surface area contributed by atoms with Crippen LogP contribution in [0.3, 0.4) is 0 Å². The number of carboxylic acid groups (broad SMARTS) is 2. The average molecular weight is 339 g/mol. The summed E-state index contributed by atoms with van der Waals surface area (Å²) in [6.45, 7) is 0. The Kier molecular flexibility index (Phi) is 8.83. The average Bonchev–Trinajstić information content (AvgIpc) is 2.41. The van der Waals surface area contributed by atoms with Crippen molar-refractivity contribution >= 4 is 32.1 Å². The lowest BCUT2D eigenvalue weighted by molar-refractivity contribution is -0.140. The molecule has 0 rings (SSSR count). The number of hydrogen-bond donors (Lipinski definition) is 4. The van der Waals surface area contributed by atoms with Gasteiger partial charge in [-0.25, -0.2) is 9.59 Å². The van der Waals surface area contributed by atoms with Crippen molar-refractivity contribution in [2.75, 3.05) is 0 Å². The van der Waals surface area contributed by atoms with Crippen molar-refractivity contribution in [2.24, 2.45) is 11.5 Å². The highest BCUT2D eigenvalue weighted by molar-refractivity contribution is 7.34. The van der Waals surface area contributed by atoms with E-state index in [1.165, 1.54) is 0 Å². The van der Waals surface area contributed by atoms with Gasteiger partial charge in [0.15, 0.2) is 0 Å². The molecule has 2 atom stereocenters. The Hall–Kier alpha value is -2.10. The molecule has 12 heteroatoms. The van der Waals surface area contributed by atoms with Crippen LogP contribution in [0.15, 0.2) is 0 Å². The van der Waals surface area contributed by atoms with Crippen LogP contribution in [0.5, 0.6) is 0 Å². The third-order valence-corrected chi connectivity index (χ3v) is 3.01. The number of carboxylic acids is 2. The summed E-state index contributed by atoms with van der Waals surface area (Å²) < 4.78 is 19.7. The van der Waals surface area contributed by atoms with E-state index in [1.807, 2.05) is 0 Å². The zero-order valence-electron chi connectivity index (χ0n) is 11.3. The van der Waals surface area contributed by atoms with Crippen LogP contribution in [-0.4, -0.2) is 46.2 Å². The smallest absolute Gasteiger partial charge is 0.480 e. The van der Waals surface area contributed by atoms with Crippen molar-refractivity contribution in [1.82, 2.24) is 0 Å². The molecular formula is C10H16N2O9P+. The van der Waals surface area contributed by atoms with E-state index in [0.717, 1.165) is 0 Å². The fraction of sp³-hybridized carbons (Fsp3) is 0.600. The maximum atomic E-state index is 11.2. The second-order valence-electron chi connectivity index (χ2n) is 4.12. The van der Waals surface area contributed by atoms with Gasteiger partial charge in [-0.3, -0.25) is 9.59 Å². The molecule has 124 valence electrons. The van der Waals surface area contributed by atoms with E-state index in [9.17, 15) is 23.7 Å². The second kappa shape index (κ2) is 9.77. The molecule has 0 spiro atoms. The second-order valence-corrected chi connectivity index (χ2v) is 4.93. The SMILES string of the molecule is N[C@@H](CCC(=O)O[P+](=O)OC(=O)CC[C@H](N)C(=O)O)C(=O)O. The Bertz CT molecular complexity index is 427. The number of rotatable bonds is 10. The third-order valence-electron chi connectivity index (χ3n) is 2.31. The van der Waals surface area contributed by atoms with Gasteiger partial charge in [0.2, 0.25) is 0 Å². The van der Waals surface area contributed by atoms with Gasteiger partial charge in [-0.2, -0.15) is 9.05 Å². The Labute approximate surface area is 125 Å². The van der Waals surface area contributed by atoms with Gasteiger partial charge in [-0.1, -0.05) is 0 Å². The monoisotopic (exact) mass is 339 g/mol. The molecule has 0 aromatic heterocycles. The summed E-state index contributed by atoms with van der Waals surface area (Å²) in [6, 6.07) is -2.55. The van der Waals surface area contributed by atoms with Crippen LogP contribution in [0, 0.1) is 0 Å². The lowest BCUT2D eigenvalue weighted by atomic mass is 10.2. The highest BCUT2D eigenvalue weighted by Gasteiger charge is 2.31. The van der Waals surface area contributed by atoms with Gasteiger partial charge >= 0.3 is 32.1 Å². The summed E-state index contributed by atoms with van der Waals surface area (Å²) in [4.78, 5) is 43.1. The van der Waals surface area contributed by atoms with Gasteiger partial charge in [0, 0.05) is 4.57 Å². The molecule has 0 radical (unpaired) electrons. The van der Waals surface area contributed by atoms with Crippen molar-refractivity contribution in [3.8, 4) is 0 Å². The molecule has 0 aliphatic carbocycles. The zero-order valence-corrected chi connectivity index (χ0v) is 12.2. The summed E-state index contributed by atoms with van der Waals surface area (Å²) in [6.07, 6.45) is -1.32.